The number of carbonyl (C=O) groups excluding carboxylic acids is 7. The van der Waals surface area contributed by atoms with E-state index >= 15 is 0 Å². The van der Waals surface area contributed by atoms with E-state index < -0.39 is 83.4 Å². The lowest BCUT2D eigenvalue weighted by Crippen LogP contribution is -2.63. The summed E-state index contributed by atoms with van der Waals surface area (Å²) in [5.74, 6) is -3.25. The van der Waals surface area contributed by atoms with E-state index in [-0.39, 0.29) is 82.9 Å². The number of aliphatic hydroxyl groups is 1. The molecule has 2 fully saturated rings. The molecule has 6 rings (SSSR count). The Labute approximate surface area is 457 Å². The smallest absolute Gasteiger partial charge is 0.409 e. The van der Waals surface area contributed by atoms with Gasteiger partial charge in [0.25, 0.3) is 11.8 Å². The summed E-state index contributed by atoms with van der Waals surface area (Å²) in [7, 11) is 5.86. The maximum Gasteiger partial charge on any atom is 0.409 e. The summed E-state index contributed by atoms with van der Waals surface area (Å²) in [6.07, 6.45) is 4.46. The first-order valence-corrected chi connectivity index (χ1v) is 25.9. The molecule has 6 amide bonds. The third kappa shape index (κ3) is 16.1. The molecule has 4 bridgehead atoms. The number of nitrogens with zero attached hydrogens (tertiary/aromatic N) is 6. The highest BCUT2D eigenvalue weighted by atomic mass is 35.5. The third-order valence-electron chi connectivity index (χ3n) is 13.8. The monoisotopic (exact) mass is 1110 g/mol. The number of aromatic nitrogens is 3. The number of esters is 1. The minimum absolute atomic E-state index is 0.00310. The summed E-state index contributed by atoms with van der Waals surface area (Å²) >= 11 is 6.81. The molecule has 0 aliphatic carbocycles. The van der Waals surface area contributed by atoms with Gasteiger partial charge in [-0.25, -0.2) is 14.3 Å². The Balaban J connectivity index is 0.960. The summed E-state index contributed by atoms with van der Waals surface area (Å²) in [5, 5.41) is 25.4. The average Bonchev–Trinajstić information content (AvgIpc) is 3.88. The number of benzene rings is 1. The van der Waals surface area contributed by atoms with E-state index in [4.69, 9.17) is 54.2 Å². The molecule has 1 aromatic carbocycles. The summed E-state index contributed by atoms with van der Waals surface area (Å²) in [6.45, 7) is 8.71. The number of anilines is 1. The van der Waals surface area contributed by atoms with Gasteiger partial charge in [-0.1, -0.05) is 47.5 Å². The van der Waals surface area contributed by atoms with Crippen LogP contribution in [0.5, 0.6) is 5.75 Å². The van der Waals surface area contributed by atoms with Crippen LogP contribution in [0.25, 0.3) is 0 Å². The number of hydrogen-bond acceptors (Lipinski definition) is 19. The minimum atomic E-state index is -1.88. The van der Waals surface area contributed by atoms with E-state index in [1.165, 1.54) is 54.8 Å². The van der Waals surface area contributed by atoms with Crippen molar-refractivity contribution in [1.29, 1.82) is 0 Å². The highest BCUT2D eigenvalue weighted by Gasteiger charge is 2.64. The van der Waals surface area contributed by atoms with Crippen LogP contribution in [-0.2, 0) is 86.2 Å². The molecule has 1 unspecified atom stereocenters. The lowest BCUT2D eigenvalue weighted by molar-refractivity contribution is -0.162. The first kappa shape index (κ1) is 60.9. The number of carbonyl (C=O) groups is 7. The predicted octanol–water partition coefficient (Wildman–Crippen LogP) is 1.80. The molecule has 4 aliphatic heterocycles. The number of ether oxygens (including phenoxy) is 9. The maximum absolute atomic E-state index is 14.3. The maximum atomic E-state index is 14.3. The zero-order valence-electron chi connectivity index (χ0n) is 45.2. The molecule has 5 heterocycles. The topological polar surface area (TPSA) is 291 Å². The van der Waals surface area contributed by atoms with Crippen molar-refractivity contribution < 1.29 is 81.3 Å². The highest BCUT2D eigenvalue weighted by molar-refractivity contribution is 6.35. The Morgan fingerprint density at radius 3 is 2.42 bits per heavy atom. The summed E-state index contributed by atoms with van der Waals surface area (Å²) < 4.78 is 53.1. The molecule has 78 heavy (non-hydrogen) atoms. The van der Waals surface area contributed by atoms with Gasteiger partial charge in [0.1, 0.15) is 53.0 Å². The Morgan fingerprint density at radius 1 is 1.01 bits per heavy atom. The molecule has 1 aromatic heterocycles. The molecule has 4 aliphatic rings. The number of rotatable bonds is 24. The quantitative estimate of drug-likeness (QED) is 0.0585. The van der Waals surface area contributed by atoms with Gasteiger partial charge in [-0.2, -0.15) is 0 Å². The molecule has 0 saturated carbocycles. The normalized spacial score (nSPS) is 25.8. The van der Waals surface area contributed by atoms with Crippen LogP contribution in [0, 0.1) is 5.92 Å². The number of amides is 6. The van der Waals surface area contributed by atoms with Crippen LogP contribution in [-0.4, -0.2) is 201 Å². The van der Waals surface area contributed by atoms with E-state index in [9.17, 15) is 38.7 Å². The second-order valence-corrected chi connectivity index (χ2v) is 19.8. The zero-order valence-corrected chi connectivity index (χ0v) is 46.0. The second kappa shape index (κ2) is 28.0. The van der Waals surface area contributed by atoms with E-state index in [1.54, 1.807) is 51.4 Å². The second-order valence-electron chi connectivity index (χ2n) is 19.5. The Morgan fingerprint density at radius 2 is 1.72 bits per heavy atom. The lowest BCUT2D eigenvalue weighted by atomic mass is 9.83. The van der Waals surface area contributed by atoms with Crippen molar-refractivity contribution in [1.82, 2.24) is 35.4 Å². The van der Waals surface area contributed by atoms with Crippen molar-refractivity contribution >= 4 is 58.9 Å². The molecular weight excluding hydrogens is 1040 g/mol. The van der Waals surface area contributed by atoms with Crippen LogP contribution in [0.4, 0.5) is 10.5 Å². The molecule has 25 nitrogen and oxygen atoms in total. The number of nitrogens with one attached hydrogen (secondary N) is 2. The van der Waals surface area contributed by atoms with Gasteiger partial charge in [-0.3, -0.25) is 34.2 Å². The number of allylic oxidation sites excluding steroid dienone is 3. The summed E-state index contributed by atoms with van der Waals surface area (Å²) in [5.41, 5.74) is -0.596. The molecule has 0 spiro atoms. The Hall–Kier alpha value is -6.32. The molecular formula is C52H71ClN8O17. The number of likely N-dealkylation sites (N-methyl/N-ethyl adjacent to an activating group) is 1. The average molecular weight is 1120 g/mol. The van der Waals surface area contributed by atoms with Crippen LogP contribution < -0.4 is 20.3 Å². The Bertz CT molecular complexity index is 2560. The number of fused-ring (bicyclic) bond motifs is 5. The summed E-state index contributed by atoms with van der Waals surface area (Å²) in [4.78, 5) is 93.4. The van der Waals surface area contributed by atoms with Gasteiger partial charge >= 0.3 is 12.1 Å². The van der Waals surface area contributed by atoms with Gasteiger partial charge < -0.3 is 62.9 Å². The first-order chi connectivity index (χ1) is 37.2. The van der Waals surface area contributed by atoms with E-state index in [0.29, 0.717) is 43.4 Å². The standard InChI is InChI=1S/C52H71ClN8O17/c1-32-10-9-11-40(71-8)52(69)28-39(76-50(68)55-52)33(2)48-51(4,78-48)41(27-45(65)59(6)37-25-35(24-32)26-38(70-7)47(37)53)77-49(67)34(3)58(5)46(66)31-74-19-17-60-29-36(56-57-60)30-75-23-22-73-21-20-72-18-15-54-42(62)14-16-61-43(63)12-13-44(61)64/h9-13,25-26,29,33-34,39-41,48,69H,14-24,27-28,30-31H2,1-8H3,(H,54,62)(H,55,68)/b11-9+,32-10+/t33-,34+,39+,40?,41+,48+,51-,52+/m1/s1. The summed E-state index contributed by atoms with van der Waals surface area (Å²) in [6, 6.07) is 2.40. The predicted molar refractivity (Wildman–Crippen MR) is 277 cm³/mol. The van der Waals surface area contributed by atoms with Crippen LogP contribution >= 0.6 is 11.6 Å². The molecule has 2 saturated heterocycles. The van der Waals surface area contributed by atoms with Crippen molar-refractivity contribution in [2.75, 3.05) is 92.6 Å². The van der Waals surface area contributed by atoms with Gasteiger partial charge in [0, 0.05) is 65.2 Å². The minimum Gasteiger partial charge on any atom is -0.495 e. The van der Waals surface area contributed by atoms with Gasteiger partial charge in [0.2, 0.25) is 17.7 Å². The fourth-order valence-corrected chi connectivity index (χ4v) is 9.30. The number of alkyl carbamates (subject to hydrolysis) is 1. The van der Waals surface area contributed by atoms with Crippen molar-refractivity contribution in [2.24, 2.45) is 5.92 Å². The third-order valence-corrected chi connectivity index (χ3v) is 14.2. The molecule has 8 atom stereocenters. The largest absolute Gasteiger partial charge is 0.495 e. The lowest BCUT2D eigenvalue weighted by Gasteiger charge is -2.42. The number of hydrogen-bond donors (Lipinski definition) is 3. The zero-order chi connectivity index (χ0) is 56.7. The van der Waals surface area contributed by atoms with Crippen molar-refractivity contribution in [3.8, 4) is 5.75 Å². The van der Waals surface area contributed by atoms with Crippen molar-refractivity contribution in [3.05, 3.63) is 70.6 Å². The van der Waals surface area contributed by atoms with Gasteiger partial charge in [-0.05, 0) is 44.9 Å². The molecule has 2 aromatic rings. The van der Waals surface area contributed by atoms with Crippen LogP contribution in [0.1, 0.15) is 58.2 Å². The highest BCUT2D eigenvalue weighted by Crippen LogP contribution is 2.49. The molecule has 26 heteroatoms. The van der Waals surface area contributed by atoms with Crippen LogP contribution in [0.2, 0.25) is 5.02 Å². The number of epoxide rings is 1. The van der Waals surface area contributed by atoms with E-state index in [2.05, 4.69) is 20.9 Å². The number of halogens is 1. The molecule has 428 valence electrons. The number of imide groups is 1. The van der Waals surface area contributed by atoms with Crippen LogP contribution in [0.3, 0.4) is 0 Å². The van der Waals surface area contributed by atoms with Gasteiger partial charge in [0.15, 0.2) is 5.72 Å². The SMILES string of the molecule is COc1cc2cc(c1Cl)N(C)C(=O)C[C@H](OC(=O)[C@H](C)N(C)C(=O)COCCn1cc(COCCOCCOCCNC(=O)CCN3C(=O)C=CC3=O)nn1)[C@@]1(C)O[C@H]1[C@H](C)[C@@H]1C[C@@](O)(NC(=O)O1)C(OC)/C=C/C=C(\C)C2. The molecule has 0 radical (unpaired) electrons. The van der Waals surface area contributed by atoms with Gasteiger partial charge in [-0.15, -0.1) is 5.10 Å². The van der Waals surface area contributed by atoms with E-state index in [0.717, 1.165) is 16.0 Å². The van der Waals surface area contributed by atoms with Gasteiger partial charge in [0.05, 0.1) is 84.3 Å². The van der Waals surface area contributed by atoms with Crippen molar-refractivity contribution in [2.45, 2.75) is 108 Å². The fourth-order valence-electron chi connectivity index (χ4n) is 8.98. The molecule has 3 N–H and O–H groups in total. The Kier molecular flexibility index (Phi) is 21.9. The number of methoxy groups -OCH3 is 2. The first-order valence-electron chi connectivity index (χ1n) is 25.5. The van der Waals surface area contributed by atoms with Crippen LogP contribution in [0.15, 0.2) is 54.3 Å². The van der Waals surface area contributed by atoms with Crippen molar-refractivity contribution in [3.63, 3.8) is 0 Å². The van der Waals surface area contributed by atoms with E-state index in [1.807, 2.05) is 13.0 Å². The fraction of sp³-hybridized carbons (Fsp3) is 0.596.